The summed E-state index contributed by atoms with van der Waals surface area (Å²) >= 11 is 13.0. The maximum atomic E-state index is 15.5. The number of carbonyl (C=O) groups excluding carboxylic acids is 3. The summed E-state index contributed by atoms with van der Waals surface area (Å²) in [6, 6.07) is 29.3. The number of amides is 4. The summed E-state index contributed by atoms with van der Waals surface area (Å²) in [7, 11) is 0. The first-order valence-electron chi connectivity index (χ1n) is 30.2. The topological polar surface area (TPSA) is 186 Å². The fourth-order valence-electron chi connectivity index (χ4n) is 11.4. The van der Waals surface area contributed by atoms with Gasteiger partial charge in [-0.2, -0.15) is 5.10 Å². The van der Waals surface area contributed by atoms with Crippen LogP contribution in [0.4, 0.5) is 10.6 Å². The van der Waals surface area contributed by atoms with E-state index in [0.717, 1.165) is 39.1 Å². The molecule has 21 heteroatoms. The summed E-state index contributed by atoms with van der Waals surface area (Å²) in [5, 5.41) is 12.0. The first-order valence-corrected chi connectivity index (χ1v) is 31.0. The van der Waals surface area contributed by atoms with E-state index in [2.05, 4.69) is 80.4 Å². The van der Waals surface area contributed by atoms with Crippen LogP contribution in [0.3, 0.4) is 0 Å². The van der Waals surface area contributed by atoms with Crippen LogP contribution in [0.2, 0.25) is 10.0 Å². The summed E-state index contributed by atoms with van der Waals surface area (Å²) in [4.78, 5) is 60.5. The molecule has 0 unspecified atom stereocenters. The molecule has 6 aromatic rings. The molecule has 2 aromatic heterocycles. The van der Waals surface area contributed by atoms with Gasteiger partial charge in [0.05, 0.1) is 83.8 Å². The molecule has 5 heterocycles. The SMILES string of the molecule is CCOc1cc(C(C)(C)C)ccc1C1=N[C@](C)(c2ccc(Cl)cc2)[C@](C)(c2ccc(Cl)cc2)N1C(=O)N1CCN(CCOCCOCCOCCOCCC(=O)NCCN2C[C@H](C)Oc3ccc(C)cc3[C@@H](C)Nc3ccn4ncc(c4n3)C2=O)CC1. The zero-order valence-corrected chi connectivity index (χ0v) is 53.2. The Hall–Kier alpha value is -6.84. The number of hydrogen-bond acceptors (Lipinski definition) is 14. The van der Waals surface area contributed by atoms with Gasteiger partial charge in [0.15, 0.2) is 5.65 Å². The summed E-state index contributed by atoms with van der Waals surface area (Å²) in [6.07, 6.45) is 3.11. The van der Waals surface area contributed by atoms with Crippen molar-refractivity contribution < 1.29 is 42.8 Å². The molecule has 3 aliphatic rings. The van der Waals surface area contributed by atoms with Crippen molar-refractivity contribution in [3.05, 3.63) is 152 Å². The lowest BCUT2D eigenvalue weighted by molar-refractivity contribution is -0.122. The van der Waals surface area contributed by atoms with Crippen molar-refractivity contribution in [3.63, 3.8) is 0 Å². The van der Waals surface area contributed by atoms with Crippen molar-refractivity contribution >= 4 is 58.3 Å². The molecule has 4 amide bonds. The molecule has 2 N–H and O–H groups in total. The third-order valence-electron chi connectivity index (χ3n) is 16.5. The Morgan fingerprint density at radius 3 is 2.08 bits per heavy atom. The number of fused-ring (bicyclic) bond motifs is 2. The molecule has 0 radical (unpaired) electrons. The predicted molar refractivity (Wildman–Crippen MR) is 339 cm³/mol. The van der Waals surface area contributed by atoms with Gasteiger partial charge < -0.3 is 48.9 Å². The highest BCUT2D eigenvalue weighted by Crippen LogP contribution is 2.54. The minimum Gasteiger partial charge on any atom is -0.493 e. The highest BCUT2D eigenvalue weighted by molar-refractivity contribution is 6.30. The van der Waals surface area contributed by atoms with E-state index in [0.29, 0.717) is 124 Å². The van der Waals surface area contributed by atoms with Gasteiger partial charge in [-0.3, -0.25) is 24.4 Å². The van der Waals surface area contributed by atoms with Crippen molar-refractivity contribution in [2.24, 2.45) is 4.99 Å². The second kappa shape index (κ2) is 29.0. The zero-order valence-electron chi connectivity index (χ0n) is 51.7. The molecular weight excluding hydrogens is 1150 g/mol. The fraction of sp³-hybridized carbons (Fsp3) is 0.485. The maximum Gasteiger partial charge on any atom is 0.326 e. The van der Waals surface area contributed by atoms with E-state index in [1.807, 2.05) is 103 Å². The van der Waals surface area contributed by atoms with Gasteiger partial charge in [0.1, 0.15) is 45.9 Å². The van der Waals surface area contributed by atoms with Crippen LogP contribution in [0.25, 0.3) is 5.65 Å². The van der Waals surface area contributed by atoms with Crippen molar-refractivity contribution in [2.45, 2.75) is 97.4 Å². The van der Waals surface area contributed by atoms with Gasteiger partial charge in [-0.05, 0) is 112 Å². The largest absolute Gasteiger partial charge is 0.493 e. The number of aromatic nitrogens is 3. The average Bonchev–Trinajstić information content (AvgIpc) is 1.57. The molecule has 19 nitrogen and oxygen atoms in total. The van der Waals surface area contributed by atoms with Gasteiger partial charge in [-0.1, -0.05) is 92.0 Å². The zero-order chi connectivity index (χ0) is 61.9. The summed E-state index contributed by atoms with van der Waals surface area (Å²) in [5.74, 6) is 2.09. The molecular formula is C66H84Cl2N10O9. The third kappa shape index (κ3) is 15.4. The average molecular weight is 1230 g/mol. The summed E-state index contributed by atoms with van der Waals surface area (Å²) < 4.78 is 37.5. The van der Waals surface area contributed by atoms with Crippen LogP contribution in [0.15, 0.2) is 108 Å². The number of hydrogen-bond donors (Lipinski definition) is 2. The number of ether oxygens (including phenoxy) is 6. The number of anilines is 1. The third-order valence-corrected chi connectivity index (χ3v) is 17.0. The molecule has 4 atom stereocenters. The Morgan fingerprint density at radius 2 is 1.43 bits per heavy atom. The Labute approximate surface area is 521 Å². The second-order valence-corrected chi connectivity index (χ2v) is 24.6. The number of urea groups is 1. The molecule has 466 valence electrons. The maximum absolute atomic E-state index is 15.5. The van der Waals surface area contributed by atoms with Crippen molar-refractivity contribution in [1.82, 2.24) is 39.5 Å². The normalized spacial score (nSPS) is 20.1. The van der Waals surface area contributed by atoms with Crippen LogP contribution in [-0.2, 0) is 40.2 Å². The van der Waals surface area contributed by atoms with E-state index in [9.17, 15) is 9.59 Å². The summed E-state index contributed by atoms with van der Waals surface area (Å²) in [5.41, 5.74) is 4.40. The number of piperazine rings is 1. The van der Waals surface area contributed by atoms with Gasteiger partial charge in [0.25, 0.3) is 5.91 Å². The van der Waals surface area contributed by atoms with E-state index in [-0.39, 0.29) is 68.1 Å². The summed E-state index contributed by atoms with van der Waals surface area (Å²) in [6.45, 7) is 26.1. The lowest BCUT2D eigenvalue weighted by atomic mass is 9.71. The number of carbonyl (C=O) groups is 3. The van der Waals surface area contributed by atoms with E-state index < -0.39 is 11.1 Å². The van der Waals surface area contributed by atoms with E-state index >= 15 is 4.79 Å². The number of rotatable bonds is 23. The van der Waals surface area contributed by atoms with Crippen LogP contribution in [-0.4, -0.2) is 176 Å². The van der Waals surface area contributed by atoms with Gasteiger partial charge >= 0.3 is 6.03 Å². The number of nitrogens with one attached hydrogen (secondary N) is 2. The van der Waals surface area contributed by atoms with Crippen molar-refractivity contribution in [1.29, 1.82) is 0 Å². The highest BCUT2D eigenvalue weighted by Gasteiger charge is 2.60. The Morgan fingerprint density at radius 1 is 0.782 bits per heavy atom. The molecule has 87 heavy (non-hydrogen) atoms. The first kappa shape index (κ1) is 64.6. The number of benzene rings is 4. The molecule has 0 aliphatic carbocycles. The number of aliphatic imine (C=N–C) groups is 1. The van der Waals surface area contributed by atoms with Gasteiger partial charge in [0.2, 0.25) is 5.91 Å². The molecule has 2 bridgehead atoms. The minimum absolute atomic E-state index is 0.121. The quantitative estimate of drug-likeness (QED) is 0.0578. The molecule has 1 fully saturated rings. The van der Waals surface area contributed by atoms with Gasteiger partial charge in [-0.25, -0.2) is 14.3 Å². The van der Waals surface area contributed by atoms with Crippen LogP contribution >= 0.6 is 23.2 Å². The lowest BCUT2D eigenvalue weighted by Crippen LogP contribution is -2.60. The second-order valence-electron chi connectivity index (χ2n) is 23.7. The molecule has 9 rings (SSSR count). The first-order chi connectivity index (χ1) is 41.8. The fourth-order valence-corrected chi connectivity index (χ4v) is 11.6. The standard InChI is InChI=1S/C66H84Cl2N10O9/c1-10-86-57-42-50(64(5,6)7)16-21-53(57)61-73-65(8,48-12-17-51(67)18-13-48)66(9,49-14-19-52(68)20-15-49)78(61)63(81)75-30-28-74(29-31-75)32-34-83-36-38-85-40-39-84-37-35-82-33-24-59(79)69-25-27-76-44-46(3)87-56-22-11-45(2)41-54(56)47(4)71-58-23-26-77-60(72-58)55(43-70-77)62(76)80/h11-23,26,41-43,46-47H,10,24-25,27-40,44H2,1-9H3,(H,69,79)(H,71,72)/t46-,47+,65+,66-/m0/s1. The number of aryl methyl sites for hydroxylation is 1. The van der Waals surface area contributed by atoms with Crippen LogP contribution < -0.4 is 20.1 Å². The molecule has 4 aromatic carbocycles. The number of amidine groups is 1. The molecule has 3 aliphatic heterocycles. The van der Waals surface area contributed by atoms with E-state index in [1.54, 1.807) is 15.6 Å². The van der Waals surface area contributed by atoms with Crippen molar-refractivity contribution in [2.75, 3.05) is 117 Å². The van der Waals surface area contributed by atoms with Crippen molar-refractivity contribution in [3.8, 4) is 11.5 Å². The molecule has 1 saturated heterocycles. The van der Waals surface area contributed by atoms with Crippen LogP contribution in [0.1, 0.15) is 112 Å². The lowest BCUT2D eigenvalue weighted by Gasteiger charge is -2.47. The Kier molecular flexibility index (Phi) is 21.5. The highest BCUT2D eigenvalue weighted by atomic mass is 35.5. The monoisotopic (exact) mass is 1230 g/mol. The smallest absolute Gasteiger partial charge is 0.326 e. The van der Waals surface area contributed by atoms with Crippen LogP contribution in [0, 0.1) is 6.92 Å². The Balaban J connectivity index is 0.677. The van der Waals surface area contributed by atoms with Crippen LogP contribution in [0.5, 0.6) is 11.5 Å². The minimum atomic E-state index is -1.02. The van der Waals surface area contributed by atoms with Gasteiger partial charge in [-0.15, -0.1) is 0 Å². The molecule has 0 spiro atoms. The number of halogens is 2. The van der Waals surface area contributed by atoms with E-state index in [4.69, 9.17) is 61.6 Å². The Bertz CT molecular complexity index is 3350. The number of nitrogens with zero attached hydrogens (tertiary/aromatic N) is 8. The van der Waals surface area contributed by atoms with E-state index in [1.165, 1.54) is 6.20 Å². The predicted octanol–water partition coefficient (Wildman–Crippen LogP) is 10.3. The molecule has 0 saturated carbocycles. The van der Waals surface area contributed by atoms with Gasteiger partial charge in [0, 0.05) is 74.0 Å².